The number of sulfonamides is 2. The fraction of sp³-hybridized carbons (Fsp3) is 0.148. The van der Waals surface area contributed by atoms with Crippen LogP contribution in [-0.2, 0) is 40.1 Å². The Bertz CT molecular complexity index is 4270. The molecule has 2 fully saturated rings. The van der Waals surface area contributed by atoms with Gasteiger partial charge in [0, 0.05) is 72.9 Å². The van der Waals surface area contributed by atoms with Crippen LogP contribution >= 0.6 is 34.3 Å². The number of benzene rings is 4. The topological polar surface area (TPSA) is 219 Å². The zero-order valence-corrected chi connectivity index (χ0v) is 47.3. The largest absolute Gasteiger partial charge is 0.489 e. The van der Waals surface area contributed by atoms with Crippen molar-refractivity contribution >= 4 is 109 Å². The summed E-state index contributed by atoms with van der Waals surface area (Å²) in [5.74, 6) is 0. The van der Waals surface area contributed by atoms with Crippen LogP contribution in [0.15, 0.2) is 187 Å². The molecule has 8 heterocycles. The van der Waals surface area contributed by atoms with Crippen LogP contribution in [0.2, 0.25) is 5.02 Å². The van der Waals surface area contributed by atoms with Crippen LogP contribution in [0.4, 0.5) is 0 Å². The smallest absolute Gasteiger partial charge is 0.423 e. The van der Waals surface area contributed by atoms with Gasteiger partial charge in [0.25, 0.3) is 20.0 Å². The molecule has 0 saturated carbocycles. The molecule has 6 aromatic heterocycles. The van der Waals surface area contributed by atoms with Crippen molar-refractivity contribution in [2.75, 3.05) is 26.2 Å². The Balaban J connectivity index is 0.000000155. The Morgan fingerprint density at radius 2 is 0.885 bits per heavy atom. The Kier molecular flexibility index (Phi) is 15.6. The lowest BCUT2D eigenvalue weighted by Gasteiger charge is -2.29. The van der Waals surface area contributed by atoms with Crippen molar-refractivity contribution in [2.45, 2.75) is 46.3 Å². The summed E-state index contributed by atoms with van der Waals surface area (Å²) in [6.45, 7) is 5.90. The number of hydrogen-bond donors (Lipinski definition) is 2. The highest BCUT2D eigenvalue weighted by Crippen LogP contribution is 2.41. The first kappa shape index (κ1) is 55.0. The molecule has 16 nitrogen and oxygen atoms in total. The van der Waals surface area contributed by atoms with Gasteiger partial charge in [0.15, 0.2) is 11.3 Å². The average Bonchev–Trinajstić information content (AvgIpc) is 4.35. The van der Waals surface area contributed by atoms with Crippen LogP contribution in [0.1, 0.15) is 24.0 Å². The maximum absolute atomic E-state index is 13.7. The second kappa shape index (κ2) is 22.1. The second-order valence-corrected chi connectivity index (χ2v) is 27.8. The van der Waals surface area contributed by atoms with Gasteiger partial charge in [-0.15, -0.1) is 0 Å². The quantitative estimate of drug-likeness (QED) is 0.109. The lowest BCUT2D eigenvalue weighted by Crippen LogP contribution is -2.41. The van der Waals surface area contributed by atoms with Gasteiger partial charge in [-0.2, -0.15) is 31.3 Å². The van der Waals surface area contributed by atoms with Gasteiger partial charge in [-0.05, 0) is 143 Å². The summed E-state index contributed by atoms with van der Waals surface area (Å²) in [5, 5.41) is 25.9. The Hall–Kier alpha value is -6.35. The van der Waals surface area contributed by atoms with Gasteiger partial charge in [-0.1, -0.05) is 77.3 Å². The van der Waals surface area contributed by atoms with Gasteiger partial charge in [0.2, 0.25) is 20.0 Å². The fourth-order valence-electron chi connectivity index (χ4n) is 8.71. The predicted octanol–water partition coefficient (Wildman–Crippen LogP) is 9.10. The van der Waals surface area contributed by atoms with Crippen LogP contribution in [0.5, 0.6) is 0 Å². The molecule has 0 bridgehead atoms. The van der Waals surface area contributed by atoms with E-state index >= 15 is 0 Å². The molecular formula is C54H48BClN6O10S6. The van der Waals surface area contributed by atoms with E-state index in [4.69, 9.17) is 21.6 Å². The Morgan fingerprint density at radius 1 is 0.474 bits per heavy atom. The van der Waals surface area contributed by atoms with Gasteiger partial charge in [-0.25, -0.2) is 51.6 Å². The lowest BCUT2D eigenvalue weighted by atomic mass is 9.83. The summed E-state index contributed by atoms with van der Waals surface area (Å²) < 4.78 is 111. The zero-order valence-electron chi connectivity index (χ0n) is 41.7. The van der Waals surface area contributed by atoms with E-state index in [-0.39, 0.29) is 25.2 Å². The number of fused-ring (bicyclic) bond motifs is 2. The van der Waals surface area contributed by atoms with Crippen molar-refractivity contribution in [2.24, 2.45) is 0 Å². The van der Waals surface area contributed by atoms with Crippen molar-refractivity contribution in [3.05, 3.63) is 184 Å². The summed E-state index contributed by atoms with van der Waals surface area (Å²) in [5.41, 5.74) is 7.36. The molecule has 0 spiro atoms. The molecule has 0 unspecified atom stereocenters. The number of nitrogens with zero attached hydrogens (tertiary/aromatic N) is 6. The molecule has 2 aliphatic rings. The molecular weight excluding hydrogens is 1130 g/mol. The molecule has 0 radical (unpaired) electrons. The molecule has 10 aromatic rings. The highest BCUT2D eigenvalue weighted by atomic mass is 35.5. The minimum absolute atomic E-state index is 0.134. The summed E-state index contributed by atoms with van der Waals surface area (Å²) in [6.07, 6.45) is 7.86. The van der Waals surface area contributed by atoms with Gasteiger partial charge in [0.1, 0.15) is 0 Å². The Morgan fingerprint density at radius 3 is 1.28 bits per heavy atom. The van der Waals surface area contributed by atoms with Gasteiger partial charge < -0.3 is 10.0 Å². The molecule has 0 aliphatic carbocycles. The highest BCUT2D eigenvalue weighted by Gasteiger charge is 2.32. The normalized spacial score (nSPS) is 14.2. The van der Waals surface area contributed by atoms with E-state index in [1.165, 1.54) is 48.4 Å². The third-order valence-corrected chi connectivity index (χ3v) is 22.2. The van der Waals surface area contributed by atoms with Crippen LogP contribution in [0, 0.1) is 13.8 Å². The molecule has 2 N–H and O–H groups in total. The maximum Gasteiger partial charge on any atom is 0.489 e. The van der Waals surface area contributed by atoms with E-state index in [1.807, 2.05) is 36.7 Å². The molecule has 2 aliphatic heterocycles. The highest BCUT2D eigenvalue weighted by molar-refractivity contribution is 7.90. The maximum atomic E-state index is 13.7. The number of aromatic nitrogens is 4. The molecule has 400 valence electrons. The van der Waals surface area contributed by atoms with Crippen molar-refractivity contribution < 1.29 is 43.7 Å². The van der Waals surface area contributed by atoms with Crippen LogP contribution in [-0.4, -0.2) is 104 Å². The van der Waals surface area contributed by atoms with E-state index in [0.717, 1.165) is 39.1 Å². The van der Waals surface area contributed by atoms with Gasteiger partial charge >= 0.3 is 7.12 Å². The number of aryl methyl sites for hydroxylation is 2. The first-order valence-electron chi connectivity index (χ1n) is 24.2. The summed E-state index contributed by atoms with van der Waals surface area (Å²) >= 11 is 9.46. The number of rotatable bonds is 12. The van der Waals surface area contributed by atoms with Gasteiger partial charge in [-0.3, -0.25) is 0 Å². The van der Waals surface area contributed by atoms with E-state index < -0.39 is 47.2 Å². The van der Waals surface area contributed by atoms with Crippen molar-refractivity contribution in [1.29, 1.82) is 0 Å². The van der Waals surface area contributed by atoms with E-state index in [9.17, 15) is 33.7 Å². The SMILES string of the molecule is Cc1ccc(S(=O)(=O)n2cc(-c3ccc(S(=O)(=O)N4CCC4)cc3)c3c(-c4ccsc4)ccnc32)cc1.Cc1ccc(S(=O)(=O)n2cc(-c3ccc(S(=O)(=O)N4CCC4)cc3)c3c(Cl)ccnc32)cc1.OB(O)c1ccsc1. The summed E-state index contributed by atoms with van der Waals surface area (Å²) in [4.78, 5) is 9.51. The summed E-state index contributed by atoms with van der Waals surface area (Å²) in [7, 11) is -16.2. The molecule has 0 atom stereocenters. The summed E-state index contributed by atoms with van der Waals surface area (Å²) in [6, 6.07) is 33.4. The predicted molar refractivity (Wildman–Crippen MR) is 307 cm³/mol. The van der Waals surface area contributed by atoms with Crippen molar-refractivity contribution in [3.8, 4) is 33.4 Å². The molecule has 78 heavy (non-hydrogen) atoms. The minimum atomic E-state index is -3.94. The molecule has 24 heteroatoms. The Labute approximate surface area is 465 Å². The van der Waals surface area contributed by atoms with E-state index in [1.54, 1.807) is 132 Å². The standard InChI is InChI=1S/C27H23N3O4S3.C23H20ClN3O4S2.C4H5BO2S/c1-19-3-7-23(8-4-19)37(33,34)30-17-25(26-24(11-13-28-27(26)30)21-12-16-35-18-21)20-5-9-22(10-6-20)36(31,32)29-14-2-15-29;1-16-3-7-19(8-4-16)33(30,31)27-15-20(22-21(24)11-12-25-23(22)27)17-5-9-18(10-6-17)32(28,29)26-13-2-14-26;6-5(7)4-1-2-8-3-4/h3-13,16-18H,2,14-15H2,1H3;3-12,15H,2,13-14H2,1H3;1-3,6-7H. The number of hydrogen-bond acceptors (Lipinski definition) is 14. The number of pyridine rings is 2. The molecule has 4 aromatic carbocycles. The lowest BCUT2D eigenvalue weighted by molar-refractivity contribution is 0.309. The number of thiophene rings is 2. The molecule has 12 rings (SSSR count). The first-order chi connectivity index (χ1) is 37.3. The van der Waals surface area contributed by atoms with Crippen LogP contribution in [0.25, 0.3) is 55.4 Å². The molecule has 2 saturated heterocycles. The average molecular weight is 1180 g/mol. The third kappa shape index (κ3) is 10.6. The van der Waals surface area contributed by atoms with Crippen molar-refractivity contribution in [3.63, 3.8) is 0 Å². The minimum Gasteiger partial charge on any atom is -0.423 e. The van der Waals surface area contributed by atoms with E-state index in [0.29, 0.717) is 75.3 Å². The zero-order chi connectivity index (χ0) is 55.1. The van der Waals surface area contributed by atoms with Crippen LogP contribution < -0.4 is 5.46 Å². The third-order valence-electron chi connectivity index (χ3n) is 13.3. The van der Waals surface area contributed by atoms with Crippen LogP contribution in [0.3, 0.4) is 0 Å². The van der Waals surface area contributed by atoms with E-state index in [2.05, 4.69) is 9.97 Å². The number of halogens is 1. The fourth-order valence-corrected chi connectivity index (χ4v) is 16.0. The first-order valence-corrected chi connectivity index (χ1v) is 32.2. The van der Waals surface area contributed by atoms with Gasteiger partial charge in [0.05, 0.1) is 24.6 Å². The molecule has 0 amide bonds. The second-order valence-electron chi connectivity index (χ2n) is 18.4. The monoisotopic (exact) mass is 1180 g/mol. The van der Waals surface area contributed by atoms with Crippen molar-refractivity contribution in [1.82, 2.24) is 26.5 Å².